The highest BCUT2D eigenvalue weighted by molar-refractivity contribution is 6.03. The fraction of sp³-hybridized carbons (Fsp3) is 0.535. The highest BCUT2D eigenvalue weighted by Gasteiger charge is 2.36. The van der Waals surface area contributed by atoms with E-state index in [1.165, 1.54) is 0 Å². The minimum atomic E-state index is -2.03. The molecule has 0 aromatic rings. The minimum absolute atomic E-state index is 0.000234. The molecule has 0 unspecified atom stereocenters. The summed E-state index contributed by atoms with van der Waals surface area (Å²) in [7, 11) is 0. The Labute approximate surface area is 413 Å². The van der Waals surface area contributed by atoms with Crippen LogP contribution in [-0.4, -0.2) is 188 Å². The fourth-order valence-corrected chi connectivity index (χ4v) is 6.76. The Bertz CT molecular complexity index is 2250. The lowest BCUT2D eigenvalue weighted by molar-refractivity contribution is -0.212. The number of hydrogen-bond donors (Lipinski definition) is 2. The molecule has 30 nitrogen and oxygen atoms in total. The molecule has 392 valence electrons. The Kier molecular flexibility index (Phi) is 21.4. The molecule has 2 N–H and O–H groups in total. The van der Waals surface area contributed by atoms with Gasteiger partial charge in [0, 0.05) is 104 Å². The first-order valence-electron chi connectivity index (χ1n) is 22.4. The molecule has 0 radical (unpaired) electrons. The van der Waals surface area contributed by atoms with Gasteiger partial charge in [0.15, 0.2) is 12.9 Å². The molecule has 0 aliphatic carbocycles. The lowest BCUT2D eigenvalue weighted by Crippen LogP contribution is -2.58. The predicted molar refractivity (Wildman–Crippen MR) is 230 cm³/mol. The van der Waals surface area contributed by atoms with Crippen molar-refractivity contribution in [3.05, 3.63) is 0 Å². The summed E-state index contributed by atoms with van der Waals surface area (Å²) >= 11 is 0. The molecule has 12 amide bonds. The topological polar surface area (TPSA) is 366 Å². The zero-order chi connectivity index (χ0) is 53.8. The standard InChI is InChI=1S/C43H49N9O21/c1-3-27(53)44-42(45-28(54)4-2)43(68)48(20-14-30(56)47(23-17-40(66)72-51-34(60)9-10-35(51)61)24-18-41(67)73-52-36(62)11-12-37(52)63)19-13-29(55)46(22-16-39(65)71-50-32(58)7-8-33(50)59)21-15-38(64)70-49-26-69-25-5-6-31(49)57/h1-2,42H,5-26H2,(H,44,53)(H,45,54). The molecule has 4 fully saturated rings. The number of nitrogens with zero attached hydrogens (tertiary/aromatic N) is 7. The van der Waals surface area contributed by atoms with E-state index in [1.54, 1.807) is 11.8 Å². The highest BCUT2D eigenvalue weighted by atomic mass is 16.7. The van der Waals surface area contributed by atoms with Crippen LogP contribution < -0.4 is 10.6 Å². The van der Waals surface area contributed by atoms with Crippen LogP contribution in [-0.2, 0) is 101 Å². The molecule has 4 heterocycles. The third kappa shape index (κ3) is 17.5. The van der Waals surface area contributed by atoms with Gasteiger partial charge in [-0.15, -0.1) is 33.1 Å². The summed E-state index contributed by atoms with van der Waals surface area (Å²) in [4.78, 5) is 224. The van der Waals surface area contributed by atoms with Gasteiger partial charge in [0.2, 0.25) is 11.8 Å². The lowest BCUT2D eigenvalue weighted by Gasteiger charge is -2.30. The van der Waals surface area contributed by atoms with Gasteiger partial charge in [0.25, 0.3) is 59.1 Å². The van der Waals surface area contributed by atoms with E-state index >= 15 is 0 Å². The van der Waals surface area contributed by atoms with Crippen LogP contribution >= 0.6 is 0 Å². The number of hydroxylamine groups is 8. The Balaban J connectivity index is 1.55. The molecule has 4 aliphatic rings. The van der Waals surface area contributed by atoms with Gasteiger partial charge in [-0.3, -0.25) is 57.5 Å². The van der Waals surface area contributed by atoms with Crippen molar-refractivity contribution in [1.29, 1.82) is 0 Å². The summed E-state index contributed by atoms with van der Waals surface area (Å²) in [5, 5.41) is 5.50. The SMILES string of the molecule is C#CC(=O)NC(NC(=O)C#C)C(=O)N(CCC(=O)N(CCC(=O)ON1COCCCC1=O)CCC(=O)ON1C(=O)CCC1=O)CCC(=O)N(CCC(=O)ON1C(=O)CCC1=O)CCC(=O)ON1C(=O)CCC1=O. The van der Waals surface area contributed by atoms with Gasteiger partial charge >= 0.3 is 23.9 Å². The van der Waals surface area contributed by atoms with Crippen LogP contribution in [0.15, 0.2) is 0 Å². The number of rotatable bonds is 25. The van der Waals surface area contributed by atoms with Crippen LogP contribution in [0.2, 0.25) is 0 Å². The van der Waals surface area contributed by atoms with Gasteiger partial charge in [-0.1, -0.05) is 0 Å². The average molecular weight is 1030 g/mol. The average Bonchev–Trinajstić information content (AvgIpc) is 3.91. The molecule has 30 heteroatoms. The van der Waals surface area contributed by atoms with Gasteiger partial charge in [-0.05, 0) is 18.3 Å². The normalized spacial score (nSPS) is 15.6. The van der Waals surface area contributed by atoms with Crippen molar-refractivity contribution in [3.63, 3.8) is 0 Å². The molecular formula is C43H49N9O21. The second kappa shape index (κ2) is 27.6. The van der Waals surface area contributed by atoms with Crippen LogP contribution in [0.3, 0.4) is 0 Å². The Morgan fingerprint density at radius 1 is 0.479 bits per heavy atom. The van der Waals surface area contributed by atoms with Crippen molar-refractivity contribution in [2.75, 3.05) is 52.6 Å². The monoisotopic (exact) mass is 1030 g/mol. The third-order valence-corrected chi connectivity index (χ3v) is 10.6. The molecule has 4 saturated heterocycles. The van der Waals surface area contributed by atoms with E-state index in [-0.39, 0.29) is 73.5 Å². The first-order chi connectivity index (χ1) is 34.7. The van der Waals surface area contributed by atoms with Crippen molar-refractivity contribution in [3.8, 4) is 24.7 Å². The maximum Gasteiger partial charge on any atom is 0.334 e. The second-order valence-electron chi connectivity index (χ2n) is 15.8. The van der Waals surface area contributed by atoms with Gasteiger partial charge in [0.1, 0.15) is 0 Å². The number of carbonyl (C=O) groups excluding carboxylic acids is 16. The van der Waals surface area contributed by atoms with Gasteiger partial charge in [0.05, 0.1) is 25.7 Å². The molecule has 73 heavy (non-hydrogen) atoms. The van der Waals surface area contributed by atoms with E-state index in [1.807, 2.05) is 10.6 Å². The number of terminal acetylenes is 2. The smallest absolute Gasteiger partial charge is 0.334 e. The third-order valence-electron chi connectivity index (χ3n) is 10.6. The number of ether oxygens (including phenoxy) is 1. The lowest BCUT2D eigenvalue weighted by atomic mass is 10.2. The summed E-state index contributed by atoms with van der Waals surface area (Å²) in [6.07, 6.45) is 3.17. The summed E-state index contributed by atoms with van der Waals surface area (Å²) in [6, 6.07) is 0. The summed E-state index contributed by atoms with van der Waals surface area (Å²) in [5.41, 5.74) is 0. The molecule has 0 bridgehead atoms. The minimum Gasteiger partial charge on any atom is -0.358 e. The van der Waals surface area contributed by atoms with Crippen LogP contribution in [0.4, 0.5) is 0 Å². The van der Waals surface area contributed by atoms with Crippen LogP contribution in [0, 0.1) is 24.7 Å². The molecule has 0 atom stereocenters. The van der Waals surface area contributed by atoms with Crippen molar-refractivity contribution in [2.45, 2.75) is 96.1 Å². The molecule has 0 spiro atoms. The van der Waals surface area contributed by atoms with Crippen molar-refractivity contribution >= 4 is 94.8 Å². The highest BCUT2D eigenvalue weighted by Crippen LogP contribution is 2.17. The van der Waals surface area contributed by atoms with E-state index in [4.69, 9.17) is 36.9 Å². The van der Waals surface area contributed by atoms with Gasteiger partial charge < -0.3 is 49.4 Å². The molecule has 4 aliphatic heterocycles. The Morgan fingerprint density at radius 3 is 1.15 bits per heavy atom. The number of amides is 12. The largest absolute Gasteiger partial charge is 0.358 e. The first-order valence-corrected chi connectivity index (χ1v) is 22.4. The number of hydrogen-bond acceptors (Lipinski definition) is 21. The Hall–Kier alpha value is -8.80. The summed E-state index contributed by atoms with van der Waals surface area (Å²) < 4.78 is 5.23. The number of nitrogens with one attached hydrogen (secondary N) is 2. The van der Waals surface area contributed by atoms with Crippen LogP contribution in [0.25, 0.3) is 0 Å². The fourth-order valence-electron chi connectivity index (χ4n) is 6.76. The molecule has 0 saturated carbocycles. The van der Waals surface area contributed by atoms with E-state index in [0.29, 0.717) is 11.5 Å². The zero-order valence-electron chi connectivity index (χ0n) is 39.0. The predicted octanol–water partition coefficient (Wildman–Crippen LogP) is -4.49. The van der Waals surface area contributed by atoms with Crippen LogP contribution in [0.1, 0.15) is 89.9 Å². The summed E-state index contributed by atoms with van der Waals surface area (Å²) in [5.74, 6) is -12.1. The molecule has 0 aromatic carbocycles. The van der Waals surface area contributed by atoms with E-state index in [2.05, 4.69) is 0 Å². The molecular weight excluding hydrogens is 979 g/mol. The zero-order valence-corrected chi connectivity index (χ0v) is 39.0. The second-order valence-corrected chi connectivity index (χ2v) is 15.8. The number of imide groups is 3. The maximum absolute atomic E-state index is 14.1. The van der Waals surface area contributed by atoms with Crippen molar-refractivity contribution < 1.29 is 101 Å². The molecule has 0 aromatic heterocycles. The van der Waals surface area contributed by atoms with Gasteiger partial charge in [-0.2, -0.15) is 0 Å². The van der Waals surface area contributed by atoms with E-state index < -0.39 is 179 Å². The maximum atomic E-state index is 14.1. The van der Waals surface area contributed by atoms with Crippen molar-refractivity contribution in [2.24, 2.45) is 0 Å². The first kappa shape index (κ1) is 56.8. The molecule has 4 rings (SSSR count). The quantitative estimate of drug-likeness (QED) is 0.0494. The van der Waals surface area contributed by atoms with Crippen molar-refractivity contribution in [1.82, 2.24) is 45.6 Å². The Morgan fingerprint density at radius 2 is 0.808 bits per heavy atom. The number of carbonyl (C=O) groups is 16. The van der Waals surface area contributed by atoms with E-state index in [9.17, 15) is 76.7 Å². The van der Waals surface area contributed by atoms with E-state index in [0.717, 1.165) is 14.7 Å². The van der Waals surface area contributed by atoms with Gasteiger partial charge in [-0.25, -0.2) is 19.2 Å². The van der Waals surface area contributed by atoms with Crippen LogP contribution in [0.5, 0.6) is 0 Å². The summed E-state index contributed by atoms with van der Waals surface area (Å²) in [6.45, 7) is -3.76.